The van der Waals surface area contributed by atoms with Crippen LogP contribution in [0.4, 0.5) is 0 Å². The van der Waals surface area contributed by atoms with Gasteiger partial charge in [-0.2, -0.15) is 0 Å². The summed E-state index contributed by atoms with van der Waals surface area (Å²) >= 11 is 1.40. The molecular weight excluding hydrogens is 286 g/mol. The third-order valence-corrected chi connectivity index (χ3v) is 4.22. The second kappa shape index (κ2) is 6.13. The van der Waals surface area contributed by atoms with Crippen molar-refractivity contribution in [2.75, 3.05) is 14.2 Å². The van der Waals surface area contributed by atoms with Gasteiger partial charge in [-0.15, -0.1) is 11.3 Å². The molecule has 6 heteroatoms. The van der Waals surface area contributed by atoms with E-state index in [1.165, 1.54) is 11.3 Å². The number of thiazole rings is 1. The van der Waals surface area contributed by atoms with Gasteiger partial charge in [-0.25, -0.2) is 4.98 Å². The Morgan fingerprint density at radius 1 is 1.29 bits per heavy atom. The minimum atomic E-state index is 0.0457. The van der Waals surface area contributed by atoms with Gasteiger partial charge in [0.1, 0.15) is 10.8 Å². The van der Waals surface area contributed by atoms with E-state index in [9.17, 15) is 0 Å². The zero-order valence-corrected chi connectivity index (χ0v) is 13.4. The minimum Gasteiger partial charge on any atom is -0.493 e. The van der Waals surface area contributed by atoms with Crippen molar-refractivity contribution in [3.63, 3.8) is 0 Å². The smallest absolute Gasteiger partial charge is 0.170 e. The Hall–Kier alpha value is -2.08. The number of hydrogen-bond acceptors (Lipinski definition) is 5. The molecule has 2 rings (SSSR count). The van der Waals surface area contributed by atoms with E-state index in [-0.39, 0.29) is 11.8 Å². The molecule has 0 bridgehead atoms. The lowest BCUT2D eigenvalue weighted by atomic mass is 10.1. The molecule has 0 fully saturated rings. The molecule has 0 spiro atoms. The SMILES string of the molecule is COc1cccc(-c2nc(C(C)C)c(C(=N)N)s2)c1OC. The summed E-state index contributed by atoms with van der Waals surface area (Å²) in [4.78, 5) is 5.36. The van der Waals surface area contributed by atoms with Crippen molar-refractivity contribution < 1.29 is 9.47 Å². The second-order valence-corrected chi connectivity index (χ2v) is 5.84. The molecule has 5 nitrogen and oxygen atoms in total. The van der Waals surface area contributed by atoms with Crippen molar-refractivity contribution in [3.05, 3.63) is 28.8 Å². The number of nitrogens with one attached hydrogen (secondary N) is 1. The highest BCUT2D eigenvalue weighted by molar-refractivity contribution is 7.17. The summed E-state index contributed by atoms with van der Waals surface area (Å²) in [5, 5.41) is 8.49. The predicted molar refractivity (Wildman–Crippen MR) is 85.8 cm³/mol. The van der Waals surface area contributed by atoms with Crippen LogP contribution in [0.5, 0.6) is 11.5 Å². The van der Waals surface area contributed by atoms with Gasteiger partial charge in [0.15, 0.2) is 11.5 Å². The third-order valence-electron chi connectivity index (χ3n) is 3.08. The van der Waals surface area contributed by atoms with Crippen molar-refractivity contribution in [2.24, 2.45) is 5.73 Å². The van der Waals surface area contributed by atoms with Crippen molar-refractivity contribution in [3.8, 4) is 22.1 Å². The van der Waals surface area contributed by atoms with Gasteiger partial charge in [0.05, 0.1) is 30.4 Å². The molecule has 2 aromatic rings. The maximum Gasteiger partial charge on any atom is 0.170 e. The van der Waals surface area contributed by atoms with Crippen LogP contribution in [0.3, 0.4) is 0 Å². The molecule has 0 atom stereocenters. The standard InChI is InChI=1S/C15H19N3O2S/c1-8(2)11-13(14(16)17)21-15(18-11)9-6-5-7-10(19-3)12(9)20-4/h5-8H,1-4H3,(H3,16,17). The molecule has 1 aromatic carbocycles. The number of nitrogens with two attached hydrogens (primary N) is 1. The Morgan fingerprint density at radius 2 is 2.00 bits per heavy atom. The van der Waals surface area contributed by atoms with Crippen LogP contribution in [0.1, 0.15) is 30.3 Å². The Bertz CT molecular complexity index is 665. The van der Waals surface area contributed by atoms with Crippen LogP contribution in [0.2, 0.25) is 0 Å². The number of methoxy groups -OCH3 is 2. The summed E-state index contributed by atoms with van der Waals surface area (Å²) in [6.45, 7) is 4.07. The molecule has 112 valence electrons. The van der Waals surface area contributed by atoms with Crippen molar-refractivity contribution in [1.82, 2.24) is 4.98 Å². The number of benzene rings is 1. The van der Waals surface area contributed by atoms with Crippen molar-refractivity contribution >= 4 is 17.2 Å². The van der Waals surface area contributed by atoms with Gasteiger partial charge in [0, 0.05) is 0 Å². The number of rotatable bonds is 5. The van der Waals surface area contributed by atoms with Crippen LogP contribution in [-0.2, 0) is 0 Å². The second-order valence-electron chi connectivity index (χ2n) is 4.84. The molecule has 21 heavy (non-hydrogen) atoms. The topological polar surface area (TPSA) is 81.2 Å². The Morgan fingerprint density at radius 3 is 2.48 bits per heavy atom. The van der Waals surface area contributed by atoms with Crippen LogP contribution in [0, 0.1) is 5.41 Å². The van der Waals surface area contributed by atoms with E-state index in [1.54, 1.807) is 14.2 Å². The quantitative estimate of drug-likeness (QED) is 0.656. The monoisotopic (exact) mass is 305 g/mol. The van der Waals surface area contributed by atoms with Crippen LogP contribution >= 0.6 is 11.3 Å². The molecule has 3 N–H and O–H groups in total. The van der Waals surface area contributed by atoms with E-state index in [4.69, 9.17) is 20.6 Å². The van der Waals surface area contributed by atoms with Gasteiger partial charge in [0.2, 0.25) is 0 Å². The summed E-state index contributed by atoms with van der Waals surface area (Å²) in [6.07, 6.45) is 0. The van der Waals surface area contributed by atoms with Gasteiger partial charge >= 0.3 is 0 Å². The number of amidine groups is 1. The largest absolute Gasteiger partial charge is 0.493 e. The van der Waals surface area contributed by atoms with E-state index in [2.05, 4.69) is 4.98 Å². The summed E-state index contributed by atoms with van der Waals surface area (Å²) < 4.78 is 10.8. The fraction of sp³-hybridized carbons (Fsp3) is 0.333. The van der Waals surface area contributed by atoms with E-state index in [1.807, 2.05) is 32.0 Å². The lowest BCUT2D eigenvalue weighted by molar-refractivity contribution is 0.356. The predicted octanol–water partition coefficient (Wildman–Crippen LogP) is 3.23. The van der Waals surface area contributed by atoms with E-state index < -0.39 is 0 Å². The summed E-state index contributed by atoms with van der Waals surface area (Å²) in [7, 11) is 3.20. The fourth-order valence-electron chi connectivity index (χ4n) is 2.09. The molecule has 0 aliphatic heterocycles. The number of nitrogen functional groups attached to an aromatic ring is 1. The fourth-order valence-corrected chi connectivity index (χ4v) is 3.19. The molecule has 0 radical (unpaired) electrons. The maximum atomic E-state index is 7.71. The first-order valence-corrected chi connectivity index (χ1v) is 7.37. The summed E-state index contributed by atoms with van der Waals surface area (Å²) in [6, 6.07) is 5.65. The van der Waals surface area contributed by atoms with Crippen LogP contribution in [0.15, 0.2) is 18.2 Å². The maximum absolute atomic E-state index is 7.71. The van der Waals surface area contributed by atoms with Gasteiger partial charge in [-0.3, -0.25) is 5.41 Å². The highest BCUT2D eigenvalue weighted by Gasteiger charge is 2.20. The molecule has 0 saturated carbocycles. The number of para-hydroxylation sites is 1. The van der Waals surface area contributed by atoms with E-state index in [0.717, 1.165) is 16.3 Å². The van der Waals surface area contributed by atoms with Crippen LogP contribution < -0.4 is 15.2 Å². The number of ether oxygens (including phenoxy) is 2. The van der Waals surface area contributed by atoms with Crippen molar-refractivity contribution in [1.29, 1.82) is 5.41 Å². The van der Waals surface area contributed by atoms with Crippen LogP contribution in [0.25, 0.3) is 10.6 Å². The summed E-state index contributed by atoms with van der Waals surface area (Å²) in [5.74, 6) is 1.54. The molecule has 0 saturated heterocycles. The van der Waals surface area contributed by atoms with Crippen molar-refractivity contribution in [2.45, 2.75) is 19.8 Å². The summed E-state index contributed by atoms with van der Waals surface area (Å²) in [5.41, 5.74) is 7.35. The van der Waals surface area contributed by atoms with Crippen LogP contribution in [-0.4, -0.2) is 25.0 Å². The first-order valence-electron chi connectivity index (χ1n) is 6.56. The lowest BCUT2D eigenvalue weighted by Crippen LogP contribution is -2.12. The molecule has 0 amide bonds. The molecular formula is C15H19N3O2S. The number of aromatic nitrogens is 1. The number of hydrogen-bond donors (Lipinski definition) is 2. The zero-order valence-electron chi connectivity index (χ0n) is 12.6. The highest BCUT2D eigenvalue weighted by atomic mass is 32.1. The zero-order chi connectivity index (χ0) is 15.6. The van der Waals surface area contributed by atoms with Gasteiger partial charge in [-0.1, -0.05) is 19.9 Å². The third kappa shape index (κ3) is 2.85. The van der Waals surface area contributed by atoms with Gasteiger partial charge in [0.25, 0.3) is 0 Å². The first-order chi connectivity index (χ1) is 9.99. The van der Waals surface area contributed by atoms with E-state index >= 15 is 0 Å². The molecule has 0 aliphatic rings. The van der Waals surface area contributed by atoms with E-state index in [0.29, 0.717) is 16.4 Å². The van der Waals surface area contributed by atoms with Gasteiger partial charge < -0.3 is 15.2 Å². The average Bonchev–Trinajstić information content (AvgIpc) is 2.91. The lowest BCUT2D eigenvalue weighted by Gasteiger charge is -2.10. The number of nitrogens with zero attached hydrogens (tertiary/aromatic N) is 1. The molecule has 0 aliphatic carbocycles. The molecule has 1 heterocycles. The Kier molecular flexibility index (Phi) is 4.47. The van der Waals surface area contributed by atoms with Gasteiger partial charge in [-0.05, 0) is 18.1 Å². The molecule has 0 unspecified atom stereocenters. The highest BCUT2D eigenvalue weighted by Crippen LogP contribution is 2.41. The average molecular weight is 305 g/mol. The first kappa shape index (κ1) is 15.3. The minimum absolute atomic E-state index is 0.0457. The molecule has 1 aromatic heterocycles. The normalized spacial score (nSPS) is 10.7. The Labute approximate surface area is 128 Å². The Balaban J connectivity index is 2.62.